The van der Waals surface area contributed by atoms with Gasteiger partial charge in [-0.2, -0.15) is 0 Å². The van der Waals surface area contributed by atoms with Crippen LogP contribution in [0.15, 0.2) is 0 Å². The first-order valence-corrected chi connectivity index (χ1v) is 4.85. The molecule has 1 atom stereocenters. The van der Waals surface area contributed by atoms with Crippen molar-refractivity contribution < 1.29 is 4.74 Å². The molecule has 3 nitrogen and oxygen atoms in total. The third-order valence-corrected chi connectivity index (χ3v) is 2.39. The molecule has 0 unspecified atom stereocenters. The van der Waals surface area contributed by atoms with Gasteiger partial charge in [-0.1, -0.05) is 6.92 Å². The zero-order valence-corrected chi connectivity index (χ0v) is 8.18. The average Bonchev–Trinajstić information content (AvgIpc) is 2.15. The molecule has 1 fully saturated rings. The minimum atomic E-state index is 0.450. The van der Waals surface area contributed by atoms with Gasteiger partial charge in [-0.15, -0.1) is 0 Å². The molecule has 0 aliphatic carbocycles. The normalized spacial score (nSPS) is 26.0. The summed E-state index contributed by atoms with van der Waals surface area (Å²) in [6, 6.07) is 0. The lowest BCUT2D eigenvalue weighted by atomic mass is 10.2. The van der Waals surface area contributed by atoms with Crippen LogP contribution in [0, 0.1) is 0 Å². The van der Waals surface area contributed by atoms with Crippen molar-refractivity contribution in [2.45, 2.75) is 19.4 Å². The molecule has 0 aromatic heterocycles. The Hall–Kier alpha value is -0.120. The highest BCUT2D eigenvalue weighted by Gasteiger charge is 2.17. The minimum absolute atomic E-state index is 0.450. The number of morpholine rings is 1. The molecule has 0 saturated carbocycles. The highest BCUT2D eigenvalue weighted by Crippen LogP contribution is 2.07. The molecular weight excluding hydrogens is 152 g/mol. The fraction of sp³-hybridized carbons (Fsp3) is 1.00. The average molecular weight is 172 g/mol. The second-order valence-corrected chi connectivity index (χ2v) is 3.28. The summed E-state index contributed by atoms with van der Waals surface area (Å²) in [5.41, 5.74) is 0. The minimum Gasteiger partial charge on any atom is -0.376 e. The molecule has 1 N–H and O–H groups in total. The Kier molecular flexibility index (Phi) is 4.58. The van der Waals surface area contributed by atoms with Crippen LogP contribution in [0.25, 0.3) is 0 Å². The first kappa shape index (κ1) is 9.96. The Bertz CT molecular complexity index is 119. The summed E-state index contributed by atoms with van der Waals surface area (Å²) in [6.45, 7) is 7.54. The molecule has 0 bridgehead atoms. The van der Waals surface area contributed by atoms with E-state index in [-0.39, 0.29) is 0 Å². The number of rotatable bonds is 4. The second kappa shape index (κ2) is 5.51. The third-order valence-electron chi connectivity index (χ3n) is 2.39. The van der Waals surface area contributed by atoms with E-state index in [1.54, 1.807) is 0 Å². The van der Waals surface area contributed by atoms with Crippen molar-refractivity contribution in [2.24, 2.45) is 0 Å². The third kappa shape index (κ3) is 3.09. The predicted molar refractivity (Wildman–Crippen MR) is 50.4 cm³/mol. The number of hydrogen-bond donors (Lipinski definition) is 1. The summed E-state index contributed by atoms with van der Waals surface area (Å²) in [7, 11) is 1.99. The fourth-order valence-corrected chi connectivity index (χ4v) is 1.55. The van der Waals surface area contributed by atoms with Crippen LogP contribution < -0.4 is 5.32 Å². The second-order valence-electron chi connectivity index (χ2n) is 3.28. The predicted octanol–water partition coefficient (Wildman–Crippen LogP) is 0.317. The van der Waals surface area contributed by atoms with Gasteiger partial charge in [-0.3, -0.25) is 4.90 Å². The molecule has 1 aliphatic heterocycles. The number of nitrogens with zero attached hydrogens (tertiary/aromatic N) is 1. The topological polar surface area (TPSA) is 24.5 Å². The highest BCUT2D eigenvalue weighted by atomic mass is 16.5. The lowest BCUT2D eigenvalue weighted by Crippen LogP contribution is -2.43. The Morgan fingerprint density at radius 1 is 1.58 bits per heavy atom. The van der Waals surface area contributed by atoms with Gasteiger partial charge < -0.3 is 10.1 Å². The Balaban J connectivity index is 2.16. The van der Waals surface area contributed by atoms with E-state index in [9.17, 15) is 0 Å². The molecule has 1 rings (SSSR count). The number of hydrogen-bond acceptors (Lipinski definition) is 3. The molecular formula is C9H20N2O. The van der Waals surface area contributed by atoms with Gasteiger partial charge in [0.2, 0.25) is 0 Å². The maximum atomic E-state index is 5.63. The lowest BCUT2D eigenvalue weighted by molar-refractivity contribution is -0.0296. The van der Waals surface area contributed by atoms with Gasteiger partial charge in [0.05, 0.1) is 12.7 Å². The largest absolute Gasteiger partial charge is 0.376 e. The van der Waals surface area contributed by atoms with Gasteiger partial charge >= 0.3 is 0 Å². The summed E-state index contributed by atoms with van der Waals surface area (Å²) in [5.74, 6) is 0. The van der Waals surface area contributed by atoms with Crippen molar-refractivity contribution >= 4 is 0 Å². The molecule has 1 heterocycles. The summed E-state index contributed by atoms with van der Waals surface area (Å²) in [6.07, 6.45) is 1.58. The molecule has 72 valence electrons. The molecule has 0 aromatic carbocycles. The number of nitrogens with one attached hydrogen (secondary N) is 1. The molecule has 1 saturated heterocycles. The van der Waals surface area contributed by atoms with Crippen molar-refractivity contribution in [3.05, 3.63) is 0 Å². The summed E-state index contributed by atoms with van der Waals surface area (Å²) in [4.78, 5) is 2.45. The van der Waals surface area contributed by atoms with Gasteiger partial charge in [0.15, 0.2) is 0 Å². The Morgan fingerprint density at radius 3 is 3.08 bits per heavy atom. The molecule has 12 heavy (non-hydrogen) atoms. The SMILES string of the molecule is CCN1CCO[C@@H](CCNC)C1. The van der Waals surface area contributed by atoms with E-state index in [4.69, 9.17) is 4.74 Å². The van der Waals surface area contributed by atoms with Crippen LogP contribution in [-0.2, 0) is 4.74 Å². The summed E-state index contributed by atoms with van der Waals surface area (Å²) < 4.78 is 5.63. The van der Waals surface area contributed by atoms with Crippen molar-refractivity contribution in [3.8, 4) is 0 Å². The summed E-state index contributed by atoms with van der Waals surface area (Å²) in [5, 5.41) is 3.15. The first-order chi connectivity index (χ1) is 5.86. The van der Waals surface area contributed by atoms with Crippen LogP contribution in [0.3, 0.4) is 0 Å². The van der Waals surface area contributed by atoms with Crippen molar-refractivity contribution in [1.82, 2.24) is 10.2 Å². The van der Waals surface area contributed by atoms with E-state index < -0.39 is 0 Å². The quantitative estimate of drug-likeness (QED) is 0.661. The lowest BCUT2D eigenvalue weighted by Gasteiger charge is -2.32. The van der Waals surface area contributed by atoms with Gasteiger partial charge in [0, 0.05) is 13.1 Å². The zero-order valence-electron chi connectivity index (χ0n) is 8.18. The molecule has 0 amide bonds. The molecule has 0 aromatic rings. The van der Waals surface area contributed by atoms with E-state index in [1.807, 2.05) is 7.05 Å². The van der Waals surface area contributed by atoms with Crippen molar-refractivity contribution in [1.29, 1.82) is 0 Å². The van der Waals surface area contributed by atoms with Crippen LogP contribution in [-0.4, -0.2) is 50.8 Å². The van der Waals surface area contributed by atoms with Crippen molar-refractivity contribution in [3.63, 3.8) is 0 Å². The maximum absolute atomic E-state index is 5.63. The van der Waals surface area contributed by atoms with Crippen LogP contribution in [0.4, 0.5) is 0 Å². The van der Waals surface area contributed by atoms with Crippen LogP contribution in [0.5, 0.6) is 0 Å². The Morgan fingerprint density at radius 2 is 2.42 bits per heavy atom. The number of ether oxygens (including phenoxy) is 1. The smallest absolute Gasteiger partial charge is 0.0714 e. The van der Waals surface area contributed by atoms with Gasteiger partial charge in [-0.05, 0) is 26.6 Å². The number of likely N-dealkylation sites (N-methyl/N-ethyl adjacent to an activating group) is 1. The molecule has 0 spiro atoms. The maximum Gasteiger partial charge on any atom is 0.0714 e. The first-order valence-electron chi connectivity index (χ1n) is 4.85. The van der Waals surface area contributed by atoms with Crippen LogP contribution >= 0.6 is 0 Å². The zero-order chi connectivity index (χ0) is 8.81. The molecule has 3 heteroatoms. The van der Waals surface area contributed by atoms with Gasteiger partial charge in [-0.25, -0.2) is 0 Å². The Labute approximate surface area is 75.1 Å². The fourth-order valence-electron chi connectivity index (χ4n) is 1.55. The van der Waals surface area contributed by atoms with E-state index in [2.05, 4.69) is 17.1 Å². The summed E-state index contributed by atoms with van der Waals surface area (Å²) >= 11 is 0. The molecule has 1 aliphatic rings. The highest BCUT2D eigenvalue weighted by molar-refractivity contribution is 4.70. The standard InChI is InChI=1S/C9H20N2O/c1-3-11-6-7-12-9(8-11)4-5-10-2/h9-10H,3-8H2,1-2H3/t9-/m0/s1. The van der Waals surface area contributed by atoms with E-state index in [0.717, 1.165) is 39.2 Å². The molecule has 0 radical (unpaired) electrons. The van der Waals surface area contributed by atoms with Gasteiger partial charge in [0.25, 0.3) is 0 Å². The van der Waals surface area contributed by atoms with E-state index >= 15 is 0 Å². The monoisotopic (exact) mass is 172 g/mol. The van der Waals surface area contributed by atoms with Crippen molar-refractivity contribution in [2.75, 3.05) is 39.8 Å². The van der Waals surface area contributed by atoms with Crippen LogP contribution in [0.1, 0.15) is 13.3 Å². The van der Waals surface area contributed by atoms with E-state index in [1.165, 1.54) is 0 Å². The van der Waals surface area contributed by atoms with E-state index in [0.29, 0.717) is 6.10 Å². The van der Waals surface area contributed by atoms with Crippen LogP contribution in [0.2, 0.25) is 0 Å². The van der Waals surface area contributed by atoms with Gasteiger partial charge in [0.1, 0.15) is 0 Å².